The second kappa shape index (κ2) is 11.8. The van der Waals surface area contributed by atoms with Crippen LogP contribution in [0.2, 0.25) is 0 Å². The third kappa shape index (κ3) is 8.13. The molecule has 0 unspecified atom stereocenters. The summed E-state index contributed by atoms with van der Waals surface area (Å²) < 4.78 is 26.6. The Balaban J connectivity index is 0.000000710. The maximum atomic E-state index is 13.3. The molecule has 0 aliphatic rings. The molecular formula is C23H26F2. The highest BCUT2D eigenvalue weighted by atomic mass is 19.1. The second-order valence-corrected chi connectivity index (χ2v) is 5.72. The molecule has 0 N–H and O–H groups in total. The van der Waals surface area contributed by atoms with E-state index in [9.17, 15) is 8.78 Å². The van der Waals surface area contributed by atoms with E-state index in [4.69, 9.17) is 6.42 Å². The Kier molecular flexibility index (Phi) is 10.6. The fourth-order valence-corrected chi connectivity index (χ4v) is 2.03. The van der Waals surface area contributed by atoms with E-state index in [-0.39, 0.29) is 11.6 Å². The van der Waals surface area contributed by atoms with Gasteiger partial charge in [-0.3, -0.25) is 0 Å². The van der Waals surface area contributed by atoms with E-state index in [0.717, 1.165) is 22.3 Å². The van der Waals surface area contributed by atoms with Gasteiger partial charge in [-0.05, 0) is 54.8 Å². The number of hydrogen-bond donors (Lipinski definition) is 0. The van der Waals surface area contributed by atoms with Crippen LogP contribution >= 0.6 is 0 Å². The average Bonchev–Trinajstić information content (AvgIpc) is 2.57. The van der Waals surface area contributed by atoms with Gasteiger partial charge in [0.2, 0.25) is 0 Å². The Hall–Kier alpha value is -2.66. The Morgan fingerprint density at radius 3 is 1.52 bits per heavy atom. The van der Waals surface area contributed by atoms with E-state index in [1.165, 1.54) is 24.3 Å². The van der Waals surface area contributed by atoms with Gasteiger partial charge in [0.25, 0.3) is 0 Å². The summed E-state index contributed by atoms with van der Waals surface area (Å²) in [6, 6.07) is 12.7. The fourth-order valence-electron chi connectivity index (χ4n) is 2.03. The lowest BCUT2D eigenvalue weighted by atomic mass is 9.94. The van der Waals surface area contributed by atoms with Crippen molar-refractivity contribution < 1.29 is 8.78 Å². The van der Waals surface area contributed by atoms with Crippen molar-refractivity contribution >= 4 is 5.57 Å². The van der Waals surface area contributed by atoms with Crippen LogP contribution in [0.3, 0.4) is 0 Å². The van der Waals surface area contributed by atoms with E-state index in [1.807, 2.05) is 39.8 Å². The van der Waals surface area contributed by atoms with Gasteiger partial charge in [-0.1, -0.05) is 43.7 Å². The van der Waals surface area contributed by atoms with Crippen molar-refractivity contribution in [1.82, 2.24) is 0 Å². The number of allylic oxidation sites excluding steroid dienone is 1. The molecule has 0 bridgehead atoms. The summed E-state index contributed by atoms with van der Waals surface area (Å²) >= 11 is 0. The maximum Gasteiger partial charge on any atom is 0.123 e. The van der Waals surface area contributed by atoms with Crippen LogP contribution in [0, 0.1) is 29.9 Å². The maximum absolute atomic E-state index is 13.3. The van der Waals surface area contributed by atoms with Gasteiger partial charge in [-0.2, -0.15) is 0 Å². The molecule has 2 aromatic rings. The van der Waals surface area contributed by atoms with Crippen LogP contribution in [-0.4, -0.2) is 0 Å². The molecule has 132 valence electrons. The largest absolute Gasteiger partial charge is 0.207 e. The Morgan fingerprint density at radius 1 is 0.920 bits per heavy atom. The zero-order valence-corrected chi connectivity index (χ0v) is 15.4. The Bertz CT molecular complexity index is 682. The summed E-state index contributed by atoms with van der Waals surface area (Å²) in [6.07, 6.45) is 4.92. The van der Waals surface area contributed by atoms with E-state index in [1.54, 1.807) is 12.1 Å². The Labute approximate surface area is 150 Å². The van der Waals surface area contributed by atoms with Gasteiger partial charge in [0.1, 0.15) is 11.6 Å². The van der Waals surface area contributed by atoms with Crippen LogP contribution in [-0.2, 0) is 0 Å². The van der Waals surface area contributed by atoms with Gasteiger partial charge >= 0.3 is 0 Å². The molecule has 0 aliphatic carbocycles. The van der Waals surface area contributed by atoms with Crippen molar-refractivity contribution in [2.45, 2.75) is 27.7 Å². The van der Waals surface area contributed by atoms with Gasteiger partial charge in [0.05, 0.1) is 0 Å². The first-order chi connectivity index (χ1) is 11.8. The average molecular weight is 340 g/mol. The first-order valence-electron chi connectivity index (χ1n) is 8.00. The van der Waals surface area contributed by atoms with Crippen molar-refractivity contribution in [3.8, 4) is 12.3 Å². The first kappa shape index (κ1) is 22.3. The van der Waals surface area contributed by atoms with Crippen LogP contribution in [0.5, 0.6) is 0 Å². The lowest BCUT2D eigenvalue weighted by Crippen LogP contribution is -1.92. The highest BCUT2D eigenvalue weighted by molar-refractivity contribution is 5.81. The fraction of sp³-hybridized carbons (Fsp3) is 0.217. The quantitative estimate of drug-likeness (QED) is 0.413. The summed E-state index contributed by atoms with van der Waals surface area (Å²) in [7, 11) is 0. The predicted molar refractivity (Wildman–Crippen MR) is 105 cm³/mol. The summed E-state index contributed by atoms with van der Waals surface area (Å²) in [4.78, 5) is 0. The van der Waals surface area contributed by atoms with Crippen LogP contribution in [0.4, 0.5) is 8.78 Å². The third-order valence-electron chi connectivity index (χ3n) is 3.06. The van der Waals surface area contributed by atoms with Gasteiger partial charge < -0.3 is 0 Å². The minimum Gasteiger partial charge on any atom is -0.207 e. The molecule has 0 amide bonds. The molecule has 0 aromatic heterocycles. The van der Waals surface area contributed by atoms with E-state index in [2.05, 4.69) is 19.1 Å². The van der Waals surface area contributed by atoms with Crippen molar-refractivity contribution in [1.29, 1.82) is 0 Å². The molecule has 0 heterocycles. The van der Waals surface area contributed by atoms with Crippen LogP contribution in [0.1, 0.15) is 38.8 Å². The highest BCUT2D eigenvalue weighted by Gasteiger charge is 2.08. The monoisotopic (exact) mass is 340 g/mol. The first-order valence-corrected chi connectivity index (χ1v) is 8.00. The molecular weight excluding hydrogens is 314 g/mol. The normalized spacial score (nSPS) is 9.04. The topological polar surface area (TPSA) is 0 Å². The number of halogens is 2. The van der Waals surface area contributed by atoms with E-state index >= 15 is 0 Å². The molecule has 0 fully saturated rings. The highest BCUT2D eigenvalue weighted by Crippen LogP contribution is 2.27. The molecule has 25 heavy (non-hydrogen) atoms. The minimum absolute atomic E-state index is 0.289. The van der Waals surface area contributed by atoms with E-state index < -0.39 is 0 Å². The third-order valence-corrected chi connectivity index (χ3v) is 3.06. The van der Waals surface area contributed by atoms with Gasteiger partial charge in [-0.15, -0.1) is 25.5 Å². The zero-order chi connectivity index (χ0) is 19.4. The summed E-state index contributed by atoms with van der Waals surface area (Å²) in [5, 5.41) is 0. The molecule has 0 radical (unpaired) electrons. The molecule has 0 spiro atoms. The SMILES string of the molecule is C#CC(C)C.C=C.CC(C)=C(c1cccc(F)c1)c1cccc(F)c1. The minimum atomic E-state index is -0.289. The Morgan fingerprint density at radius 2 is 1.28 bits per heavy atom. The number of rotatable bonds is 2. The van der Waals surface area contributed by atoms with Crippen LogP contribution in [0.15, 0.2) is 67.3 Å². The van der Waals surface area contributed by atoms with Crippen molar-refractivity contribution in [2.75, 3.05) is 0 Å². The number of terminal acetylenes is 1. The summed E-state index contributed by atoms with van der Waals surface area (Å²) in [6.45, 7) is 13.8. The van der Waals surface area contributed by atoms with E-state index in [0.29, 0.717) is 5.92 Å². The van der Waals surface area contributed by atoms with Crippen molar-refractivity contribution in [2.24, 2.45) is 5.92 Å². The molecule has 0 atom stereocenters. The molecule has 0 saturated carbocycles. The van der Waals surface area contributed by atoms with Crippen molar-refractivity contribution in [3.05, 3.63) is 90.0 Å². The summed E-state index contributed by atoms with van der Waals surface area (Å²) in [5.41, 5.74) is 3.42. The molecule has 2 aromatic carbocycles. The molecule has 2 rings (SSSR count). The van der Waals surface area contributed by atoms with Gasteiger partial charge in [-0.25, -0.2) is 8.78 Å². The van der Waals surface area contributed by atoms with Crippen molar-refractivity contribution in [3.63, 3.8) is 0 Å². The molecule has 0 nitrogen and oxygen atoms in total. The number of benzene rings is 2. The van der Waals surface area contributed by atoms with Gasteiger partial charge in [0, 0.05) is 5.92 Å². The smallest absolute Gasteiger partial charge is 0.123 e. The summed E-state index contributed by atoms with van der Waals surface area (Å²) in [5.74, 6) is 2.36. The lowest BCUT2D eigenvalue weighted by Gasteiger charge is -2.11. The lowest BCUT2D eigenvalue weighted by molar-refractivity contribution is 0.627. The molecule has 2 heteroatoms. The molecule has 0 aliphatic heterocycles. The zero-order valence-electron chi connectivity index (χ0n) is 15.4. The molecule has 0 saturated heterocycles. The van der Waals surface area contributed by atoms with Crippen LogP contribution < -0.4 is 0 Å². The predicted octanol–water partition coefficient (Wildman–Crippen LogP) is 6.88. The van der Waals surface area contributed by atoms with Crippen LogP contribution in [0.25, 0.3) is 5.57 Å². The standard InChI is InChI=1S/C16H14F2.C5H8.C2H4/c1-11(2)16(12-5-3-7-14(17)9-12)13-6-4-8-15(18)10-13;1-4-5(2)3;1-2/h3-10H,1-2H3;1,5H,2-3H3;1-2H2. The van der Waals surface area contributed by atoms with Gasteiger partial charge in [0.15, 0.2) is 0 Å². The second-order valence-electron chi connectivity index (χ2n) is 5.72. The number of hydrogen-bond acceptors (Lipinski definition) is 0.